The summed E-state index contributed by atoms with van der Waals surface area (Å²) < 4.78 is 6.17. The van der Waals surface area contributed by atoms with Gasteiger partial charge in [-0.05, 0) is 31.2 Å². The minimum atomic E-state index is -0.114. The van der Waals surface area contributed by atoms with Crippen LogP contribution in [0.4, 0.5) is 5.69 Å². The molecule has 0 bridgehead atoms. The molecule has 0 saturated carbocycles. The fraction of sp³-hybridized carbons (Fsp3) is 0.500. The number of anilines is 1. The Kier molecular flexibility index (Phi) is 5.82. The molecule has 1 aromatic carbocycles. The van der Waals surface area contributed by atoms with Gasteiger partial charge in [0.2, 0.25) is 0 Å². The molecule has 0 radical (unpaired) electrons. The van der Waals surface area contributed by atoms with Gasteiger partial charge in [-0.3, -0.25) is 9.69 Å². The van der Waals surface area contributed by atoms with Gasteiger partial charge in [0, 0.05) is 29.8 Å². The number of benzene rings is 1. The first-order chi connectivity index (χ1) is 9.66. The molecule has 1 aliphatic heterocycles. The third-order valence-electron chi connectivity index (χ3n) is 3.30. The van der Waals surface area contributed by atoms with E-state index in [-0.39, 0.29) is 5.91 Å². The summed E-state index contributed by atoms with van der Waals surface area (Å²) in [7, 11) is 0. The zero-order valence-electron chi connectivity index (χ0n) is 11.4. The number of hydrogen-bond donors (Lipinski definition) is 2. The Morgan fingerprint density at radius 1 is 1.40 bits per heavy atom. The van der Waals surface area contributed by atoms with Crippen LogP contribution in [0, 0.1) is 0 Å². The minimum absolute atomic E-state index is 0.114. The van der Waals surface area contributed by atoms with Crippen molar-refractivity contribution in [3.05, 3.63) is 28.2 Å². The van der Waals surface area contributed by atoms with Crippen molar-refractivity contribution in [1.82, 2.24) is 10.2 Å². The van der Waals surface area contributed by atoms with E-state index in [1.165, 1.54) is 0 Å². The van der Waals surface area contributed by atoms with Crippen LogP contribution in [0.3, 0.4) is 0 Å². The molecule has 1 heterocycles. The van der Waals surface area contributed by atoms with Crippen molar-refractivity contribution < 1.29 is 9.53 Å². The second kappa shape index (κ2) is 7.61. The number of halogens is 1. The molecule has 1 aliphatic rings. The van der Waals surface area contributed by atoms with E-state index in [4.69, 9.17) is 10.5 Å². The Labute approximate surface area is 127 Å². The van der Waals surface area contributed by atoms with Gasteiger partial charge in [-0.15, -0.1) is 0 Å². The lowest BCUT2D eigenvalue weighted by Crippen LogP contribution is -2.38. The van der Waals surface area contributed by atoms with Crippen LogP contribution in [-0.2, 0) is 4.74 Å². The molecule has 3 N–H and O–H groups in total. The molecule has 1 amide bonds. The highest BCUT2D eigenvalue weighted by molar-refractivity contribution is 9.10. The number of amides is 1. The second-order valence-corrected chi connectivity index (χ2v) is 5.71. The van der Waals surface area contributed by atoms with Gasteiger partial charge in [-0.25, -0.2) is 0 Å². The van der Waals surface area contributed by atoms with Crippen molar-refractivity contribution in [1.29, 1.82) is 0 Å². The molecular weight excluding hydrogens is 322 g/mol. The average Bonchev–Trinajstić information content (AvgIpc) is 2.44. The third kappa shape index (κ3) is 4.47. The van der Waals surface area contributed by atoms with Gasteiger partial charge in [0.15, 0.2) is 0 Å². The summed E-state index contributed by atoms with van der Waals surface area (Å²) in [5.41, 5.74) is 6.85. The first kappa shape index (κ1) is 15.3. The molecule has 0 unspecified atom stereocenters. The van der Waals surface area contributed by atoms with Crippen LogP contribution in [0.5, 0.6) is 0 Å². The normalized spacial score (nSPS) is 16.1. The number of ether oxygens (including phenoxy) is 1. The van der Waals surface area contributed by atoms with E-state index in [1.807, 2.05) is 6.07 Å². The highest BCUT2D eigenvalue weighted by Crippen LogP contribution is 2.18. The smallest absolute Gasteiger partial charge is 0.253 e. The van der Waals surface area contributed by atoms with Crippen molar-refractivity contribution in [3.63, 3.8) is 0 Å². The Bertz CT molecular complexity index is 462. The zero-order chi connectivity index (χ0) is 14.4. The topological polar surface area (TPSA) is 67.6 Å². The van der Waals surface area contributed by atoms with Gasteiger partial charge >= 0.3 is 0 Å². The maximum absolute atomic E-state index is 12.0. The second-order valence-electron chi connectivity index (χ2n) is 4.80. The van der Waals surface area contributed by atoms with Gasteiger partial charge in [-0.2, -0.15) is 0 Å². The SMILES string of the molecule is Nc1cc(Br)ccc1C(=O)NCCCN1CCOCC1. The Balaban J connectivity index is 1.72. The number of carbonyl (C=O) groups excluding carboxylic acids is 1. The molecule has 1 aromatic rings. The van der Waals surface area contributed by atoms with Crippen LogP contribution in [-0.4, -0.2) is 50.2 Å². The lowest BCUT2D eigenvalue weighted by Gasteiger charge is -2.26. The average molecular weight is 342 g/mol. The fourth-order valence-corrected chi connectivity index (χ4v) is 2.54. The summed E-state index contributed by atoms with van der Waals surface area (Å²) >= 11 is 3.33. The van der Waals surface area contributed by atoms with Crippen molar-refractivity contribution in [2.24, 2.45) is 0 Å². The summed E-state index contributed by atoms with van der Waals surface area (Å²) in [6.45, 7) is 5.22. The molecule has 0 spiro atoms. The number of nitrogens with one attached hydrogen (secondary N) is 1. The molecule has 110 valence electrons. The van der Waals surface area contributed by atoms with Crippen LogP contribution in [0.15, 0.2) is 22.7 Å². The number of nitrogens with two attached hydrogens (primary N) is 1. The third-order valence-corrected chi connectivity index (χ3v) is 3.79. The first-order valence-corrected chi connectivity index (χ1v) is 7.59. The zero-order valence-corrected chi connectivity index (χ0v) is 13.0. The summed E-state index contributed by atoms with van der Waals surface area (Å²) in [6, 6.07) is 5.29. The van der Waals surface area contributed by atoms with E-state index in [0.717, 1.165) is 43.7 Å². The molecule has 0 aliphatic carbocycles. The predicted octanol–water partition coefficient (Wildman–Crippen LogP) is 1.48. The molecule has 6 heteroatoms. The van der Waals surface area contributed by atoms with Crippen molar-refractivity contribution in [2.45, 2.75) is 6.42 Å². The highest BCUT2D eigenvalue weighted by Gasteiger charge is 2.11. The summed E-state index contributed by atoms with van der Waals surface area (Å²) in [6.07, 6.45) is 0.933. The number of nitrogen functional groups attached to an aromatic ring is 1. The Hall–Kier alpha value is -1.11. The molecule has 0 aromatic heterocycles. The maximum atomic E-state index is 12.0. The van der Waals surface area contributed by atoms with Crippen LogP contribution in [0.2, 0.25) is 0 Å². The van der Waals surface area contributed by atoms with E-state index in [9.17, 15) is 4.79 Å². The molecule has 2 rings (SSSR count). The number of carbonyl (C=O) groups is 1. The Morgan fingerprint density at radius 3 is 2.85 bits per heavy atom. The first-order valence-electron chi connectivity index (χ1n) is 6.80. The van der Waals surface area contributed by atoms with E-state index in [1.54, 1.807) is 12.1 Å². The molecular formula is C14H20BrN3O2. The van der Waals surface area contributed by atoms with Crippen molar-refractivity contribution in [3.8, 4) is 0 Å². The monoisotopic (exact) mass is 341 g/mol. The van der Waals surface area contributed by atoms with Crippen molar-refractivity contribution in [2.75, 3.05) is 45.1 Å². The molecule has 20 heavy (non-hydrogen) atoms. The summed E-state index contributed by atoms with van der Waals surface area (Å²) in [5, 5.41) is 2.91. The lowest BCUT2D eigenvalue weighted by atomic mass is 10.1. The highest BCUT2D eigenvalue weighted by atomic mass is 79.9. The van der Waals surface area contributed by atoms with Gasteiger partial charge < -0.3 is 15.8 Å². The molecule has 0 atom stereocenters. The number of hydrogen-bond acceptors (Lipinski definition) is 4. The predicted molar refractivity (Wildman–Crippen MR) is 82.8 cm³/mol. The Morgan fingerprint density at radius 2 is 2.15 bits per heavy atom. The number of nitrogens with zero attached hydrogens (tertiary/aromatic N) is 1. The van der Waals surface area contributed by atoms with E-state index >= 15 is 0 Å². The van der Waals surface area contributed by atoms with E-state index in [0.29, 0.717) is 17.8 Å². The fourth-order valence-electron chi connectivity index (χ4n) is 2.16. The van der Waals surface area contributed by atoms with Crippen LogP contribution >= 0.6 is 15.9 Å². The largest absolute Gasteiger partial charge is 0.398 e. The summed E-state index contributed by atoms with van der Waals surface area (Å²) in [4.78, 5) is 14.3. The summed E-state index contributed by atoms with van der Waals surface area (Å²) in [5.74, 6) is -0.114. The van der Waals surface area contributed by atoms with Crippen molar-refractivity contribution >= 4 is 27.5 Å². The lowest BCUT2D eigenvalue weighted by molar-refractivity contribution is 0.0374. The van der Waals surface area contributed by atoms with E-state index < -0.39 is 0 Å². The minimum Gasteiger partial charge on any atom is -0.398 e. The number of morpholine rings is 1. The van der Waals surface area contributed by atoms with Crippen LogP contribution in [0.25, 0.3) is 0 Å². The van der Waals surface area contributed by atoms with Gasteiger partial charge in [0.25, 0.3) is 5.91 Å². The van der Waals surface area contributed by atoms with Gasteiger partial charge in [0.05, 0.1) is 18.8 Å². The van der Waals surface area contributed by atoms with Crippen LogP contribution < -0.4 is 11.1 Å². The standard InChI is InChI=1S/C14H20BrN3O2/c15-11-2-3-12(13(16)10-11)14(19)17-4-1-5-18-6-8-20-9-7-18/h2-3,10H,1,4-9,16H2,(H,17,19). The molecule has 1 saturated heterocycles. The number of rotatable bonds is 5. The van der Waals surface area contributed by atoms with Crippen LogP contribution in [0.1, 0.15) is 16.8 Å². The van der Waals surface area contributed by atoms with Gasteiger partial charge in [-0.1, -0.05) is 15.9 Å². The van der Waals surface area contributed by atoms with Gasteiger partial charge in [0.1, 0.15) is 0 Å². The quantitative estimate of drug-likeness (QED) is 0.628. The maximum Gasteiger partial charge on any atom is 0.253 e. The molecule has 1 fully saturated rings. The van der Waals surface area contributed by atoms with E-state index in [2.05, 4.69) is 26.1 Å². The molecule has 5 nitrogen and oxygen atoms in total.